The van der Waals surface area contributed by atoms with Crippen molar-refractivity contribution >= 4 is 10.8 Å². The van der Waals surface area contributed by atoms with Crippen molar-refractivity contribution in [3.63, 3.8) is 0 Å². The van der Waals surface area contributed by atoms with Crippen LogP contribution in [0.4, 0.5) is 0 Å². The molecule has 2 rings (SSSR count). The molecule has 0 saturated heterocycles. The van der Waals surface area contributed by atoms with Crippen LogP contribution < -0.4 is 35.1 Å². The van der Waals surface area contributed by atoms with E-state index in [0.29, 0.717) is 5.39 Å². The standard InChI is InChI=1S/C8H6N2O.Na.H/c11-8-7-4-2-1-3-6(7)5-9-10-8;;/h1-5H,(H,10,11);;/q;+1;-1. The molecule has 56 valence electrons. The van der Waals surface area contributed by atoms with Gasteiger partial charge in [0, 0.05) is 10.8 Å². The molecule has 3 nitrogen and oxygen atoms in total. The maximum absolute atomic E-state index is 11.1. The van der Waals surface area contributed by atoms with E-state index in [0.717, 1.165) is 5.39 Å². The summed E-state index contributed by atoms with van der Waals surface area (Å²) < 4.78 is 0. The molecule has 0 fully saturated rings. The summed E-state index contributed by atoms with van der Waals surface area (Å²) in [5.41, 5.74) is -0.136. The molecule has 0 aliphatic carbocycles. The maximum Gasteiger partial charge on any atom is 1.00 e. The van der Waals surface area contributed by atoms with Crippen molar-refractivity contribution in [2.45, 2.75) is 0 Å². The van der Waals surface area contributed by atoms with Crippen molar-refractivity contribution in [3.8, 4) is 0 Å². The molecule has 0 bridgehead atoms. The van der Waals surface area contributed by atoms with Gasteiger partial charge in [0.05, 0.1) is 6.20 Å². The zero-order valence-corrected chi connectivity index (χ0v) is 8.74. The Hall–Kier alpha value is -0.640. The zero-order chi connectivity index (χ0) is 7.68. The van der Waals surface area contributed by atoms with Gasteiger partial charge in [0.2, 0.25) is 0 Å². The van der Waals surface area contributed by atoms with E-state index in [-0.39, 0.29) is 36.5 Å². The van der Waals surface area contributed by atoms with Crippen LogP contribution >= 0.6 is 0 Å². The summed E-state index contributed by atoms with van der Waals surface area (Å²) in [7, 11) is 0. The number of nitrogens with zero attached hydrogens (tertiary/aromatic N) is 1. The molecular formula is C8H7N2NaO. The monoisotopic (exact) mass is 170 g/mol. The van der Waals surface area contributed by atoms with Crippen LogP contribution in [0.1, 0.15) is 1.43 Å². The number of aromatic amines is 1. The van der Waals surface area contributed by atoms with Crippen LogP contribution in [0.3, 0.4) is 0 Å². The molecule has 0 aliphatic heterocycles. The van der Waals surface area contributed by atoms with Gasteiger partial charge in [0.1, 0.15) is 0 Å². The molecule has 0 saturated carbocycles. The van der Waals surface area contributed by atoms with Gasteiger partial charge in [-0.1, -0.05) is 18.2 Å². The fraction of sp³-hybridized carbons (Fsp3) is 0. The van der Waals surface area contributed by atoms with Crippen molar-refractivity contribution < 1.29 is 31.0 Å². The van der Waals surface area contributed by atoms with Gasteiger partial charge in [-0.15, -0.1) is 0 Å². The normalized spacial score (nSPS) is 9.33. The molecule has 1 heterocycles. The number of fused-ring (bicyclic) bond motifs is 1. The quantitative estimate of drug-likeness (QED) is 0.467. The minimum atomic E-state index is -0.136. The van der Waals surface area contributed by atoms with Crippen molar-refractivity contribution in [1.82, 2.24) is 10.2 Å². The van der Waals surface area contributed by atoms with Gasteiger partial charge in [0.25, 0.3) is 5.56 Å². The first kappa shape index (κ1) is 9.45. The van der Waals surface area contributed by atoms with Crippen LogP contribution in [-0.4, -0.2) is 10.2 Å². The fourth-order valence-corrected chi connectivity index (χ4v) is 1.04. The van der Waals surface area contributed by atoms with Crippen LogP contribution in [0.5, 0.6) is 0 Å². The summed E-state index contributed by atoms with van der Waals surface area (Å²) in [6.07, 6.45) is 1.64. The molecule has 1 N–H and O–H groups in total. The molecule has 0 spiro atoms. The van der Waals surface area contributed by atoms with Gasteiger partial charge in [-0.2, -0.15) is 5.10 Å². The SMILES string of the molecule is O=c1[nH]ncc2ccccc12.[H-].[Na+]. The first-order chi connectivity index (χ1) is 5.38. The smallest absolute Gasteiger partial charge is 1.00 e. The number of hydrogen-bond acceptors (Lipinski definition) is 2. The molecule has 12 heavy (non-hydrogen) atoms. The molecule has 0 atom stereocenters. The Morgan fingerprint density at radius 3 is 2.83 bits per heavy atom. The average molecular weight is 170 g/mol. The third-order valence-electron chi connectivity index (χ3n) is 1.58. The van der Waals surface area contributed by atoms with Crippen LogP contribution in [0.2, 0.25) is 0 Å². The minimum Gasteiger partial charge on any atom is -1.00 e. The van der Waals surface area contributed by atoms with Gasteiger partial charge in [-0.25, -0.2) is 5.10 Å². The Kier molecular flexibility index (Phi) is 3.03. The van der Waals surface area contributed by atoms with E-state index in [1.54, 1.807) is 12.3 Å². The van der Waals surface area contributed by atoms with E-state index in [4.69, 9.17) is 0 Å². The molecule has 4 heteroatoms. The zero-order valence-electron chi connectivity index (χ0n) is 7.74. The van der Waals surface area contributed by atoms with Crippen LogP contribution in [0.15, 0.2) is 35.3 Å². The third kappa shape index (κ3) is 1.58. The Morgan fingerprint density at radius 1 is 1.33 bits per heavy atom. The van der Waals surface area contributed by atoms with Crippen molar-refractivity contribution in [2.75, 3.05) is 0 Å². The summed E-state index contributed by atoms with van der Waals surface area (Å²) in [6, 6.07) is 7.34. The summed E-state index contributed by atoms with van der Waals surface area (Å²) in [4.78, 5) is 11.1. The number of nitrogens with one attached hydrogen (secondary N) is 1. The first-order valence-corrected chi connectivity index (χ1v) is 3.30. The van der Waals surface area contributed by atoms with E-state index in [1.807, 2.05) is 18.2 Å². The second-order valence-corrected chi connectivity index (χ2v) is 2.29. The van der Waals surface area contributed by atoms with Crippen LogP contribution in [0.25, 0.3) is 10.8 Å². The Morgan fingerprint density at radius 2 is 2.08 bits per heavy atom. The van der Waals surface area contributed by atoms with E-state index >= 15 is 0 Å². The molecule has 1 aromatic heterocycles. The van der Waals surface area contributed by atoms with Crippen molar-refractivity contribution in [3.05, 3.63) is 40.8 Å². The van der Waals surface area contributed by atoms with Gasteiger partial charge in [-0.05, 0) is 6.07 Å². The van der Waals surface area contributed by atoms with E-state index < -0.39 is 0 Å². The molecule has 0 amide bonds. The number of H-pyrrole nitrogens is 1. The van der Waals surface area contributed by atoms with Gasteiger partial charge in [-0.3, -0.25) is 4.79 Å². The number of benzene rings is 1. The predicted octanol–water partition coefficient (Wildman–Crippen LogP) is -1.96. The number of aromatic nitrogens is 2. The van der Waals surface area contributed by atoms with Crippen molar-refractivity contribution in [1.29, 1.82) is 0 Å². The molecule has 2 aromatic rings. The molecule has 1 aromatic carbocycles. The van der Waals surface area contributed by atoms with Gasteiger partial charge < -0.3 is 1.43 Å². The molecular weight excluding hydrogens is 163 g/mol. The Balaban J connectivity index is 0.000000720. The number of hydrogen-bond donors (Lipinski definition) is 1. The maximum atomic E-state index is 11.1. The van der Waals surface area contributed by atoms with E-state index in [2.05, 4.69) is 10.2 Å². The van der Waals surface area contributed by atoms with Crippen LogP contribution in [-0.2, 0) is 0 Å². The van der Waals surface area contributed by atoms with E-state index in [1.165, 1.54) is 0 Å². The number of rotatable bonds is 0. The molecule has 0 unspecified atom stereocenters. The molecule has 0 radical (unpaired) electrons. The van der Waals surface area contributed by atoms with Crippen molar-refractivity contribution in [2.24, 2.45) is 0 Å². The second kappa shape index (κ2) is 3.85. The summed E-state index contributed by atoms with van der Waals surface area (Å²) >= 11 is 0. The summed E-state index contributed by atoms with van der Waals surface area (Å²) in [6.45, 7) is 0. The Labute approximate surface area is 92.6 Å². The first-order valence-electron chi connectivity index (χ1n) is 3.30. The average Bonchev–Trinajstić information content (AvgIpc) is 2.06. The fourth-order valence-electron chi connectivity index (χ4n) is 1.04. The van der Waals surface area contributed by atoms with E-state index in [9.17, 15) is 4.79 Å². The Bertz CT molecular complexity index is 438. The summed E-state index contributed by atoms with van der Waals surface area (Å²) in [5.74, 6) is 0. The van der Waals surface area contributed by atoms with Gasteiger partial charge >= 0.3 is 29.6 Å². The largest absolute Gasteiger partial charge is 1.00 e. The topological polar surface area (TPSA) is 45.8 Å². The summed E-state index contributed by atoms with van der Waals surface area (Å²) in [5, 5.41) is 7.60. The van der Waals surface area contributed by atoms with Gasteiger partial charge in [0.15, 0.2) is 0 Å². The minimum absolute atomic E-state index is 0. The molecule has 0 aliphatic rings. The second-order valence-electron chi connectivity index (χ2n) is 2.29. The van der Waals surface area contributed by atoms with Crippen LogP contribution in [0, 0.1) is 0 Å². The third-order valence-corrected chi connectivity index (χ3v) is 1.58. The predicted molar refractivity (Wildman–Crippen MR) is 43.5 cm³/mol.